The lowest BCUT2D eigenvalue weighted by molar-refractivity contribution is -0.105. The van der Waals surface area contributed by atoms with E-state index in [1.165, 1.54) is 4.31 Å². The largest absolute Gasteiger partial charge is 0.296 e. The van der Waals surface area contributed by atoms with Crippen molar-refractivity contribution in [1.29, 1.82) is 0 Å². The van der Waals surface area contributed by atoms with Gasteiger partial charge in [0.1, 0.15) is 0 Å². The summed E-state index contributed by atoms with van der Waals surface area (Å²) in [5, 5.41) is 0. The van der Waals surface area contributed by atoms with E-state index in [4.69, 9.17) is 0 Å². The molecule has 29 heavy (non-hydrogen) atoms. The molecule has 146 valence electrons. The number of nitrogens with zero attached hydrogens (tertiary/aromatic N) is 1. The summed E-state index contributed by atoms with van der Waals surface area (Å²) in [6, 6.07) is 26.1. The first-order valence-corrected chi connectivity index (χ1v) is 10.8. The van der Waals surface area contributed by atoms with Gasteiger partial charge < -0.3 is 0 Å². The summed E-state index contributed by atoms with van der Waals surface area (Å²) < 4.78 is 28.0. The Hall–Kier alpha value is -3.18. The van der Waals surface area contributed by atoms with E-state index in [0.29, 0.717) is 6.29 Å². The third-order valence-corrected chi connectivity index (χ3v) is 7.17. The van der Waals surface area contributed by atoms with Gasteiger partial charge >= 0.3 is 0 Å². The molecule has 0 bridgehead atoms. The van der Waals surface area contributed by atoms with Crippen molar-refractivity contribution >= 4 is 16.3 Å². The number of hydrogen-bond donors (Lipinski definition) is 0. The van der Waals surface area contributed by atoms with E-state index in [0.717, 1.165) is 16.7 Å². The number of carbonyl (C=O) groups excluding carboxylic acids is 1. The summed E-state index contributed by atoms with van der Waals surface area (Å²) in [7, 11) is -3.87. The van der Waals surface area contributed by atoms with Gasteiger partial charge in [0.2, 0.25) is 0 Å². The minimum absolute atomic E-state index is 0.130. The van der Waals surface area contributed by atoms with Gasteiger partial charge in [-0.1, -0.05) is 78.4 Å². The van der Waals surface area contributed by atoms with E-state index < -0.39 is 15.4 Å². The van der Waals surface area contributed by atoms with Crippen molar-refractivity contribution in [3.05, 3.63) is 113 Å². The number of hydrogen-bond acceptors (Lipinski definition) is 3. The van der Waals surface area contributed by atoms with Crippen LogP contribution in [-0.2, 0) is 20.2 Å². The molecule has 0 aromatic heterocycles. The normalized spacial score (nSPS) is 15.8. The maximum absolute atomic E-state index is 13.4. The Morgan fingerprint density at radius 2 is 1.34 bits per heavy atom. The highest BCUT2D eigenvalue weighted by Crippen LogP contribution is 2.42. The zero-order valence-corrected chi connectivity index (χ0v) is 16.8. The zero-order chi connectivity index (χ0) is 20.5. The van der Waals surface area contributed by atoms with Crippen LogP contribution < -0.4 is 0 Å². The van der Waals surface area contributed by atoms with Crippen LogP contribution in [0.5, 0.6) is 0 Å². The van der Waals surface area contributed by atoms with Gasteiger partial charge in [-0.15, -0.1) is 0 Å². The standard InChI is InChI=1S/C24H21NO3S/c1-19-12-14-23(15-13-19)29(27,28)25-18-24(16-22(25)17-26,20-8-4-2-5-9-20)21-10-6-3-7-11-21/h2-17H,18H2,1H3. The second kappa shape index (κ2) is 7.33. The number of carbonyl (C=O) groups is 1. The van der Waals surface area contributed by atoms with Gasteiger partial charge in [0, 0.05) is 0 Å². The van der Waals surface area contributed by atoms with Crippen LogP contribution >= 0.6 is 0 Å². The van der Waals surface area contributed by atoms with Crippen LogP contribution in [0.3, 0.4) is 0 Å². The average Bonchev–Trinajstić information content (AvgIpc) is 3.17. The van der Waals surface area contributed by atoms with Crippen molar-refractivity contribution in [2.75, 3.05) is 6.54 Å². The van der Waals surface area contributed by atoms with E-state index >= 15 is 0 Å². The van der Waals surface area contributed by atoms with Crippen molar-refractivity contribution in [2.45, 2.75) is 17.2 Å². The minimum atomic E-state index is -3.87. The Morgan fingerprint density at radius 3 is 1.83 bits per heavy atom. The predicted molar refractivity (Wildman–Crippen MR) is 113 cm³/mol. The molecule has 4 rings (SSSR count). The summed E-state index contributed by atoms with van der Waals surface area (Å²) in [6.07, 6.45) is 2.40. The molecule has 4 nitrogen and oxygen atoms in total. The first-order chi connectivity index (χ1) is 14.0. The van der Waals surface area contributed by atoms with Crippen LogP contribution in [0.25, 0.3) is 0 Å². The number of allylic oxidation sites excluding steroid dienone is 1. The van der Waals surface area contributed by atoms with Crippen molar-refractivity contribution in [3.8, 4) is 0 Å². The second-order valence-electron chi connectivity index (χ2n) is 7.22. The first kappa shape index (κ1) is 19.2. The highest BCUT2D eigenvalue weighted by molar-refractivity contribution is 7.89. The van der Waals surface area contributed by atoms with Crippen molar-refractivity contribution in [2.24, 2.45) is 0 Å². The molecule has 1 heterocycles. The monoisotopic (exact) mass is 403 g/mol. The van der Waals surface area contributed by atoms with Crippen molar-refractivity contribution in [1.82, 2.24) is 4.31 Å². The molecular formula is C24H21NO3S. The topological polar surface area (TPSA) is 54.5 Å². The number of aryl methyl sites for hydroxylation is 1. The highest BCUT2D eigenvalue weighted by Gasteiger charge is 2.44. The lowest BCUT2D eigenvalue weighted by atomic mass is 9.75. The van der Waals surface area contributed by atoms with Gasteiger partial charge in [-0.25, -0.2) is 8.42 Å². The fourth-order valence-electron chi connectivity index (χ4n) is 3.83. The number of benzene rings is 3. The number of aldehydes is 1. The summed E-state index contributed by atoms with van der Waals surface area (Å²) >= 11 is 0. The van der Waals surface area contributed by atoms with Gasteiger partial charge in [0.25, 0.3) is 10.0 Å². The molecule has 3 aromatic rings. The molecule has 5 heteroatoms. The quantitative estimate of drug-likeness (QED) is 0.604. The molecule has 0 aliphatic carbocycles. The summed E-state index contributed by atoms with van der Waals surface area (Å²) in [5.41, 5.74) is 2.26. The molecule has 1 aliphatic rings. The molecular weight excluding hydrogens is 382 g/mol. The van der Waals surface area contributed by atoms with Gasteiger partial charge in [-0.05, 0) is 36.3 Å². The zero-order valence-electron chi connectivity index (χ0n) is 16.0. The molecule has 0 atom stereocenters. The van der Waals surface area contributed by atoms with Gasteiger partial charge in [0.05, 0.1) is 22.6 Å². The summed E-state index contributed by atoms with van der Waals surface area (Å²) in [6.45, 7) is 2.03. The number of rotatable bonds is 5. The molecule has 0 N–H and O–H groups in total. The van der Waals surface area contributed by atoms with Crippen molar-refractivity contribution in [3.63, 3.8) is 0 Å². The SMILES string of the molecule is Cc1ccc(S(=O)(=O)N2CC(c3ccccc3)(c3ccccc3)C=C2C=O)cc1. The first-order valence-electron chi connectivity index (χ1n) is 9.36. The number of sulfonamides is 1. The molecule has 0 saturated carbocycles. The van der Waals surface area contributed by atoms with Crippen LogP contribution in [0.1, 0.15) is 16.7 Å². The fourth-order valence-corrected chi connectivity index (χ4v) is 5.31. The molecule has 0 unspecified atom stereocenters. The van der Waals surface area contributed by atoms with Crippen LogP contribution in [0.15, 0.2) is 102 Å². The molecule has 3 aromatic carbocycles. The molecule has 0 amide bonds. The van der Waals surface area contributed by atoms with Crippen LogP contribution in [0.2, 0.25) is 0 Å². The predicted octanol–water partition coefficient (Wildman–Crippen LogP) is 4.07. The minimum Gasteiger partial charge on any atom is -0.296 e. The van der Waals surface area contributed by atoms with Gasteiger partial charge in [-0.3, -0.25) is 9.10 Å². The van der Waals surface area contributed by atoms with Crippen LogP contribution in [0.4, 0.5) is 0 Å². The summed E-state index contributed by atoms with van der Waals surface area (Å²) in [5.74, 6) is 0. The Balaban J connectivity index is 1.87. The van der Waals surface area contributed by atoms with Crippen LogP contribution in [0, 0.1) is 6.92 Å². The van der Waals surface area contributed by atoms with Gasteiger partial charge in [-0.2, -0.15) is 0 Å². The van der Waals surface area contributed by atoms with Gasteiger partial charge in [0.15, 0.2) is 6.29 Å². The Labute approximate surface area is 171 Å². The van der Waals surface area contributed by atoms with E-state index in [1.54, 1.807) is 30.3 Å². The average molecular weight is 404 g/mol. The summed E-state index contributed by atoms with van der Waals surface area (Å²) in [4.78, 5) is 12.1. The van der Waals surface area contributed by atoms with E-state index in [1.807, 2.05) is 67.6 Å². The molecule has 0 spiro atoms. The lowest BCUT2D eigenvalue weighted by Crippen LogP contribution is -2.37. The van der Waals surface area contributed by atoms with E-state index in [-0.39, 0.29) is 17.1 Å². The third-order valence-electron chi connectivity index (χ3n) is 5.38. The van der Waals surface area contributed by atoms with E-state index in [9.17, 15) is 13.2 Å². The molecule has 1 aliphatic heterocycles. The lowest BCUT2D eigenvalue weighted by Gasteiger charge is -2.31. The molecule has 0 fully saturated rings. The third kappa shape index (κ3) is 3.28. The van der Waals surface area contributed by atoms with Crippen molar-refractivity contribution < 1.29 is 13.2 Å². The maximum Gasteiger partial charge on any atom is 0.264 e. The molecule has 0 radical (unpaired) electrons. The Kier molecular flexibility index (Phi) is 4.84. The Bertz CT molecular complexity index is 1110. The highest BCUT2D eigenvalue weighted by atomic mass is 32.2. The fraction of sp³-hybridized carbons (Fsp3) is 0.125. The van der Waals surface area contributed by atoms with E-state index in [2.05, 4.69) is 0 Å². The smallest absolute Gasteiger partial charge is 0.264 e. The molecule has 0 saturated heterocycles. The van der Waals surface area contributed by atoms with Crippen LogP contribution in [-0.4, -0.2) is 25.6 Å². The maximum atomic E-state index is 13.4. The Morgan fingerprint density at radius 1 is 0.828 bits per heavy atom. The second-order valence-corrected chi connectivity index (χ2v) is 9.08.